The zero-order chi connectivity index (χ0) is 16.2. The van der Waals surface area contributed by atoms with Crippen LogP contribution in [-0.4, -0.2) is 39.6 Å². The van der Waals surface area contributed by atoms with Crippen molar-refractivity contribution in [3.05, 3.63) is 35.2 Å². The lowest BCUT2D eigenvalue weighted by atomic mass is 10.1. The third kappa shape index (κ3) is 4.04. The van der Waals surface area contributed by atoms with Gasteiger partial charge in [-0.1, -0.05) is 11.6 Å². The summed E-state index contributed by atoms with van der Waals surface area (Å²) in [4.78, 5) is 20.8. The van der Waals surface area contributed by atoms with E-state index in [9.17, 15) is 4.79 Å². The van der Waals surface area contributed by atoms with E-state index in [1.807, 2.05) is 17.8 Å². The Balaban J connectivity index is 1.68. The highest BCUT2D eigenvalue weighted by Gasteiger charge is 2.18. The highest BCUT2D eigenvalue weighted by Crippen LogP contribution is 2.30. The number of aromatic nitrogens is 3. The average molecular weight is 352 g/mol. The summed E-state index contributed by atoms with van der Waals surface area (Å²) < 4.78 is 1.89. The first-order valence-electron chi connectivity index (χ1n) is 7.46. The van der Waals surface area contributed by atoms with Gasteiger partial charge in [-0.2, -0.15) is 0 Å². The van der Waals surface area contributed by atoms with Gasteiger partial charge in [-0.3, -0.25) is 4.79 Å². The maximum absolute atomic E-state index is 12.3. The van der Waals surface area contributed by atoms with E-state index in [4.69, 9.17) is 11.6 Å². The molecule has 1 aliphatic rings. The molecular weight excluding hydrogens is 334 g/mol. The maximum atomic E-state index is 12.3. The molecule has 3 heterocycles. The molecule has 122 valence electrons. The second kappa shape index (κ2) is 7.33. The van der Waals surface area contributed by atoms with Crippen LogP contribution in [0.25, 0.3) is 0 Å². The molecule has 0 aliphatic carbocycles. The van der Waals surface area contributed by atoms with Gasteiger partial charge in [0, 0.05) is 38.2 Å². The van der Waals surface area contributed by atoms with Crippen LogP contribution < -0.4 is 10.6 Å². The van der Waals surface area contributed by atoms with Gasteiger partial charge in [0.05, 0.1) is 10.6 Å². The van der Waals surface area contributed by atoms with Crippen LogP contribution in [0.5, 0.6) is 0 Å². The summed E-state index contributed by atoms with van der Waals surface area (Å²) in [6.07, 6.45) is 7.20. The highest BCUT2D eigenvalue weighted by atomic mass is 35.5. The van der Waals surface area contributed by atoms with E-state index >= 15 is 0 Å². The van der Waals surface area contributed by atoms with Crippen molar-refractivity contribution in [3.8, 4) is 0 Å². The molecule has 1 amide bonds. The minimum absolute atomic E-state index is 0.137. The van der Waals surface area contributed by atoms with Crippen LogP contribution >= 0.6 is 23.4 Å². The van der Waals surface area contributed by atoms with E-state index in [2.05, 4.69) is 20.6 Å². The van der Waals surface area contributed by atoms with Gasteiger partial charge in [0.25, 0.3) is 5.91 Å². The summed E-state index contributed by atoms with van der Waals surface area (Å²) >= 11 is 7.64. The van der Waals surface area contributed by atoms with Gasteiger partial charge < -0.3 is 15.2 Å². The first kappa shape index (κ1) is 16.3. The number of hydrogen-bond acceptors (Lipinski definition) is 5. The van der Waals surface area contributed by atoms with Crippen LogP contribution in [0.3, 0.4) is 0 Å². The number of pyridine rings is 1. The number of nitrogens with zero attached hydrogens (tertiary/aromatic N) is 3. The maximum Gasteiger partial charge on any atom is 0.253 e. The molecule has 2 aromatic rings. The number of hydrogen-bond donors (Lipinski definition) is 2. The summed E-state index contributed by atoms with van der Waals surface area (Å²) in [5, 5.41) is 8.17. The summed E-state index contributed by atoms with van der Waals surface area (Å²) in [5.74, 6) is -0.137. The average Bonchev–Trinajstić information content (AvgIpc) is 2.95. The van der Waals surface area contributed by atoms with Crippen molar-refractivity contribution in [1.29, 1.82) is 0 Å². The number of imidazole rings is 1. The summed E-state index contributed by atoms with van der Waals surface area (Å²) in [6.45, 7) is 1.82. The first-order valence-corrected chi connectivity index (χ1v) is 8.65. The fourth-order valence-corrected chi connectivity index (χ4v) is 3.44. The Hall–Kier alpha value is -1.57. The van der Waals surface area contributed by atoms with E-state index in [0.29, 0.717) is 15.6 Å². The molecule has 8 heteroatoms. The quantitative estimate of drug-likeness (QED) is 0.882. The van der Waals surface area contributed by atoms with Crippen molar-refractivity contribution >= 4 is 29.3 Å². The predicted molar refractivity (Wildman–Crippen MR) is 89.9 cm³/mol. The third-order valence-corrected chi connectivity index (χ3v) is 5.16. The van der Waals surface area contributed by atoms with Gasteiger partial charge in [-0.05, 0) is 37.2 Å². The molecule has 0 saturated carbocycles. The van der Waals surface area contributed by atoms with Gasteiger partial charge in [-0.15, -0.1) is 0 Å². The number of piperidine rings is 1. The van der Waals surface area contributed by atoms with Crippen LogP contribution in [0.4, 0.5) is 0 Å². The molecule has 6 nitrogen and oxygen atoms in total. The molecule has 1 atom stereocenters. The number of rotatable bonds is 4. The SMILES string of the molecule is Cn1ccnc1Sc1ncc(C(=O)N[C@H]2CCCNC2)cc1Cl. The van der Waals surface area contributed by atoms with Crippen molar-refractivity contribution < 1.29 is 4.79 Å². The standard InChI is InChI=1S/C15H18ClN5OS/c1-21-6-5-18-15(21)23-14-12(16)7-10(8-19-14)13(22)20-11-3-2-4-17-9-11/h5-8,11,17H,2-4,9H2,1H3,(H,20,22)/t11-/m0/s1. The molecule has 23 heavy (non-hydrogen) atoms. The number of aryl methyl sites for hydroxylation is 1. The van der Waals surface area contributed by atoms with Gasteiger partial charge in [-0.25, -0.2) is 9.97 Å². The molecule has 1 fully saturated rings. The normalized spacial score (nSPS) is 17.9. The fourth-order valence-electron chi connectivity index (χ4n) is 2.41. The Bertz CT molecular complexity index is 699. The largest absolute Gasteiger partial charge is 0.348 e. The zero-order valence-corrected chi connectivity index (χ0v) is 14.3. The van der Waals surface area contributed by atoms with Gasteiger partial charge in [0.15, 0.2) is 5.16 Å². The minimum Gasteiger partial charge on any atom is -0.348 e. The van der Waals surface area contributed by atoms with Crippen LogP contribution in [0.2, 0.25) is 5.02 Å². The van der Waals surface area contributed by atoms with Crippen LogP contribution in [0.1, 0.15) is 23.2 Å². The van der Waals surface area contributed by atoms with Crippen LogP contribution in [0, 0.1) is 0 Å². The lowest BCUT2D eigenvalue weighted by Gasteiger charge is -2.23. The predicted octanol–water partition coefficient (Wildman–Crippen LogP) is 2.10. The van der Waals surface area contributed by atoms with Crippen molar-refractivity contribution in [2.45, 2.75) is 29.1 Å². The topological polar surface area (TPSA) is 71.8 Å². The molecule has 0 radical (unpaired) electrons. The van der Waals surface area contributed by atoms with Crippen molar-refractivity contribution in [2.75, 3.05) is 13.1 Å². The molecule has 1 aliphatic heterocycles. The molecular formula is C15H18ClN5OS. The molecule has 2 aromatic heterocycles. The Morgan fingerprint density at radius 1 is 1.52 bits per heavy atom. The molecule has 0 spiro atoms. The number of carbonyl (C=O) groups excluding carboxylic acids is 1. The Kier molecular flexibility index (Phi) is 5.20. The second-order valence-electron chi connectivity index (χ2n) is 5.45. The van der Waals surface area contributed by atoms with Crippen LogP contribution in [0.15, 0.2) is 34.8 Å². The Labute approximate surface area is 144 Å². The van der Waals surface area contributed by atoms with Crippen molar-refractivity contribution in [2.24, 2.45) is 7.05 Å². The third-order valence-electron chi connectivity index (χ3n) is 3.67. The number of halogens is 1. The molecule has 0 aromatic carbocycles. The molecule has 1 saturated heterocycles. The van der Waals surface area contributed by atoms with Crippen molar-refractivity contribution in [1.82, 2.24) is 25.2 Å². The van der Waals surface area contributed by atoms with E-state index in [-0.39, 0.29) is 11.9 Å². The van der Waals surface area contributed by atoms with E-state index in [1.54, 1.807) is 18.5 Å². The first-order chi connectivity index (χ1) is 11.1. The van der Waals surface area contributed by atoms with Gasteiger partial charge >= 0.3 is 0 Å². The summed E-state index contributed by atoms with van der Waals surface area (Å²) in [6, 6.07) is 1.82. The molecule has 2 N–H and O–H groups in total. The Morgan fingerprint density at radius 2 is 2.39 bits per heavy atom. The van der Waals surface area contributed by atoms with E-state index in [0.717, 1.165) is 31.1 Å². The fraction of sp³-hybridized carbons (Fsp3) is 0.400. The number of nitrogens with one attached hydrogen (secondary N) is 2. The highest BCUT2D eigenvalue weighted by molar-refractivity contribution is 7.99. The number of carbonyl (C=O) groups is 1. The lowest BCUT2D eigenvalue weighted by molar-refractivity contribution is 0.0930. The van der Waals surface area contributed by atoms with Crippen LogP contribution in [-0.2, 0) is 7.05 Å². The monoisotopic (exact) mass is 351 g/mol. The van der Waals surface area contributed by atoms with E-state index < -0.39 is 0 Å². The van der Waals surface area contributed by atoms with E-state index in [1.165, 1.54) is 11.8 Å². The van der Waals surface area contributed by atoms with Crippen molar-refractivity contribution in [3.63, 3.8) is 0 Å². The molecule has 3 rings (SSSR count). The van der Waals surface area contributed by atoms with Gasteiger partial charge in [0.1, 0.15) is 5.03 Å². The zero-order valence-electron chi connectivity index (χ0n) is 12.8. The second-order valence-corrected chi connectivity index (χ2v) is 6.81. The summed E-state index contributed by atoms with van der Waals surface area (Å²) in [7, 11) is 1.91. The summed E-state index contributed by atoms with van der Waals surface area (Å²) in [5.41, 5.74) is 0.477. The molecule has 0 bridgehead atoms. The van der Waals surface area contributed by atoms with Gasteiger partial charge in [0.2, 0.25) is 0 Å². The lowest BCUT2D eigenvalue weighted by Crippen LogP contribution is -2.45. The smallest absolute Gasteiger partial charge is 0.253 e. The molecule has 0 unspecified atom stereocenters. The number of amides is 1. The minimum atomic E-state index is -0.137. The Morgan fingerprint density at radius 3 is 3.04 bits per heavy atom.